The molecule has 58 heavy (non-hydrogen) atoms. The summed E-state index contributed by atoms with van der Waals surface area (Å²) in [6.07, 6.45) is 52.8. The fourth-order valence-electron chi connectivity index (χ4n) is 4.55. The van der Waals surface area contributed by atoms with E-state index in [2.05, 4.69) is 116 Å². The third-order valence-electron chi connectivity index (χ3n) is 7.71. The van der Waals surface area contributed by atoms with Gasteiger partial charge in [0.05, 0.1) is 13.2 Å². The Morgan fingerprint density at radius 2 is 0.879 bits per heavy atom. The van der Waals surface area contributed by atoms with E-state index in [0.29, 0.717) is 25.7 Å². The Bertz CT molecular complexity index is 1440. The first-order valence-electron chi connectivity index (χ1n) is 20.6. The van der Waals surface area contributed by atoms with Crippen molar-refractivity contribution >= 4 is 25.7 Å². The fraction of sp³-hybridized carbons (Fsp3) is 0.500. The lowest BCUT2D eigenvalue weighted by Gasteiger charge is -2.20. The zero-order valence-electron chi connectivity index (χ0n) is 34.8. The van der Waals surface area contributed by atoms with Crippen molar-refractivity contribution in [3.63, 3.8) is 0 Å². The highest BCUT2D eigenvalue weighted by molar-refractivity contribution is 7.47. The van der Waals surface area contributed by atoms with E-state index in [0.717, 1.165) is 64.2 Å². The quantitative estimate of drug-likeness (QED) is 0.0237. The van der Waals surface area contributed by atoms with E-state index in [1.54, 1.807) is 0 Å². The van der Waals surface area contributed by atoms with Crippen molar-refractivity contribution in [3.05, 3.63) is 122 Å². The van der Waals surface area contributed by atoms with E-state index >= 15 is 0 Å². The van der Waals surface area contributed by atoms with Crippen LogP contribution in [0, 0.1) is 0 Å². The molecule has 0 radical (unpaired) electrons. The zero-order chi connectivity index (χ0) is 42.8. The number of unbranched alkanes of at least 4 members (excludes halogenated alkanes) is 2. The predicted octanol–water partition coefficient (Wildman–Crippen LogP) is 10.8. The number of phosphoric ester groups is 1. The molecule has 0 saturated carbocycles. The molecular formula is C46H70NO10P. The number of ether oxygens (including phenoxy) is 2. The van der Waals surface area contributed by atoms with Crippen LogP contribution in [-0.4, -0.2) is 59.9 Å². The highest BCUT2D eigenvalue weighted by Gasteiger charge is 2.28. The van der Waals surface area contributed by atoms with Gasteiger partial charge in [-0.25, -0.2) is 4.57 Å². The van der Waals surface area contributed by atoms with Crippen LogP contribution < -0.4 is 5.73 Å². The summed E-state index contributed by atoms with van der Waals surface area (Å²) >= 11 is 0. The molecular weight excluding hydrogens is 757 g/mol. The number of hydrogen-bond acceptors (Lipinski definition) is 9. The molecule has 0 aliphatic rings. The van der Waals surface area contributed by atoms with Gasteiger partial charge in [-0.05, 0) is 89.9 Å². The summed E-state index contributed by atoms with van der Waals surface area (Å²) in [4.78, 5) is 45.9. The molecule has 0 heterocycles. The van der Waals surface area contributed by atoms with Gasteiger partial charge in [-0.15, -0.1) is 0 Å². The minimum Gasteiger partial charge on any atom is -0.480 e. The number of allylic oxidation sites excluding steroid dienone is 20. The molecule has 0 bridgehead atoms. The maximum atomic E-state index is 12.6. The Morgan fingerprint density at radius 3 is 1.26 bits per heavy atom. The van der Waals surface area contributed by atoms with Gasteiger partial charge in [0.25, 0.3) is 0 Å². The molecule has 3 atom stereocenters. The van der Waals surface area contributed by atoms with Crippen molar-refractivity contribution < 1.29 is 47.5 Å². The summed E-state index contributed by atoms with van der Waals surface area (Å²) in [6, 6.07) is -1.55. The van der Waals surface area contributed by atoms with E-state index in [1.165, 1.54) is 0 Å². The van der Waals surface area contributed by atoms with Crippen LogP contribution >= 0.6 is 7.82 Å². The number of carbonyl (C=O) groups is 3. The first-order valence-corrected chi connectivity index (χ1v) is 22.1. The molecule has 0 amide bonds. The summed E-state index contributed by atoms with van der Waals surface area (Å²) in [5.74, 6) is -2.55. The summed E-state index contributed by atoms with van der Waals surface area (Å²) in [5.41, 5.74) is 5.32. The summed E-state index contributed by atoms with van der Waals surface area (Å²) < 4.78 is 32.5. The van der Waals surface area contributed by atoms with Crippen molar-refractivity contribution in [2.75, 3.05) is 19.8 Å². The molecule has 0 aromatic rings. The average molecular weight is 828 g/mol. The van der Waals surface area contributed by atoms with Gasteiger partial charge in [0.15, 0.2) is 6.10 Å². The number of aliphatic carboxylic acids is 1. The van der Waals surface area contributed by atoms with E-state index < -0.39 is 57.7 Å². The second-order valence-electron chi connectivity index (χ2n) is 13.0. The fourth-order valence-corrected chi connectivity index (χ4v) is 5.32. The Hall–Kier alpha value is -4.12. The molecule has 0 aliphatic heterocycles. The maximum absolute atomic E-state index is 12.6. The maximum Gasteiger partial charge on any atom is 0.472 e. The van der Waals surface area contributed by atoms with Crippen LogP contribution in [0.1, 0.15) is 117 Å². The SMILES string of the molecule is CC/C=C\C/C=C\C/C=C\C/C=C\C/C=C\CCCC(=O)OC[C@H](COP(=O)(O)OC[C@H](N)C(=O)O)OC(=O)CCC/C=C\C/C=C\C/C=C\C/C=C\C/C=C\CC. The van der Waals surface area contributed by atoms with Crippen LogP contribution in [0.4, 0.5) is 0 Å². The molecule has 12 heteroatoms. The van der Waals surface area contributed by atoms with Gasteiger partial charge in [-0.1, -0.05) is 135 Å². The van der Waals surface area contributed by atoms with Gasteiger partial charge < -0.3 is 25.2 Å². The third-order valence-corrected chi connectivity index (χ3v) is 8.66. The van der Waals surface area contributed by atoms with Crippen LogP contribution in [0.25, 0.3) is 0 Å². The second kappa shape index (κ2) is 39.7. The number of hydrogen-bond donors (Lipinski definition) is 3. The lowest BCUT2D eigenvalue weighted by Crippen LogP contribution is -2.34. The first kappa shape index (κ1) is 53.9. The molecule has 0 aliphatic carbocycles. The number of esters is 2. The van der Waals surface area contributed by atoms with Gasteiger partial charge >= 0.3 is 25.7 Å². The van der Waals surface area contributed by atoms with Crippen molar-refractivity contribution in [2.24, 2.45) is 5.73 Å². The Balaban J connectivity index is 4.62. The minimum absolute atomic E-state index is 0.0623. The Morgan fingerprint density at radius 1 is 0.534 bits per heavy atom. The van der Waals surface area contributed by atoms with Crippen molar-refractivity contribution in [1.29, 1.82) is 0 Å². The summed E-state index contributed by atoms with van der Waals surface area (Å²) in [6.45, 7) is 2.42. The molecule has 0 saturated heterocycles. The second-order valence-corrected chi connectivity index (χ2v) is 14.5. The Labute approximate surface area is 348 Å². The number of carboxylic acid groups (broad SMARTS) is 1. The lowest BCUT2D eigenvalue weighted by atomic mass is 10.2. The highest BCUT2D eigenvalue weighted by Crippen LogP contribution is 2.43. The zero-order valence-corrected chi connectivity index (χ0v) is 35.7. The molecule has 324 valence electrons. The summed E-state index contributed by atoms with van der Waals surface area (Å²) in [5, 5.41) is 8.88. The summed E-state index contributed by atoms with van der Waals surface area (Å²) in [7, 11) is -4.75. The van der Waals surface area contributed by atoms with Crippen molar-refractivity contribution in [2.45, 2.75) is 129 Å². The van der Waals surface area contributed by atoms with Crippen molar-refractivity contribution in [3.8, 4) is 0 Å². The van der Waals surface area contributed by atoms with Crippen LogP contribution in [-0.2, 0) is 37.5 Å². The van der Waals surface area contributed by atoms with Crippen molar-refractivity contribution in [1.82, 2.24) is 0 Å². The highest BCUT2D eigenvalue weighted by atomic mass is 31.2. The van der Waals surface area contributed by atoms with Crippen LogP contribution in [0.5, 0.6) is 0 Å². The molecule has 0 spiro atoms. The Kier molecular flexibility index (Phi) is 36.9. The largest absolute Gasteiger partial charge is 0.480 e. The number of phosphoric acid groups is 1. The minimum atomic E-state index is -4.75. The monoisotopic (exact) mass is 827 g/mol. The topological polar surface area (TPSA) is 172 Å². The third kappa shape index (κ3) is 38.7. The number of nitrogens with two attached hydrogens (primary N) is 1. The van der Waals surface area contributed by atoms with Crippen LogP contribution in [0.3, 0.4) is 0 Å². The molecule has 0 rings (SSSR count). The number of rotatable bonds is 36. The van der Waals surface area contributed by atoms with E-state index in [1.807, 2.05) is 24.3 Å². The van der Waals surface area contributed by atoms with Crippen LogP contribution in [0.2, 0.25) is 0 Å². The molecule has 0 aromatic heterocycles. The first-order chi connectivity index (χ1) is 28.1. The molecule has 1 unspecified atom stereocenters. The van der Waals surface area contributed by atoms with Crippen LogP contribution in [0.15, 0.2) is 122 Å². The van der Waals surface area contributed by atoms with Gasteiger partial charge in [0.1, 0.15) is 12.6 Å². The normalized spacial score (nSPS) is 15.0. The van der Waals surface area contributed by atoms with E-state index in [4.69, 9.17) is 24.8 Å². The molecule has 0 aromatic carbocycles. The number of carbonyl (C=O) groups excluding carboxylic acids is 2. The molecule has 4 N–H and O–H groups in total. The van der Waals surface area contributed by atoms with Gasteiger partial charge in [0.2, 0.25) is 0 Å². The standard InChI is InChI=1S/C46H70NO10P/c1-3-5-7-9-11-13-15-17-19-21-23-25-27-29-31-33-35-37-44(48)54-39-42(40-55-58(52,53)56-41-43(47)46(50)51)57-45(49)38-36-34-32-30-28-26-24-22-20-18-16-14-12-10-8-6-4-2/h5-8,11-14,17-20,23-26,29-32,42-43H,3-4,9-10,15-16,21-22,27-28,33-41,47H2,1-2H3,(H,50,51)(H,52,53)/b7-5-,8-6-,13-11-,14-12-,19-17-,20-18-,25-23-,26-24-,31-29-,32-30-/t42-,43+/m1/s1. The average Bonchev–Trinajstić information content (AvgIpc) is 3.20. The lowest BCUT2D eigenvalue weighted by molar-refractivity contribution is -0.161. The number of carboxylic acids is 1. The van der Waals surface area contributed by atoms with Gasteiger partial charge in [0, 0.05) is 12.8 Å². The van der Waals surface area contributed by atoms with E-state index in [-0.39, 0.29) is 12.8 Å². The molecule has 11 nitrogen and oxygen atoms in total. The van der Waals surface area contributed by atoms with Gasteiger partial charge in [-0.2, -0.15) is 0 Å². The van der Waals surface area contributed by atoms with Gasteiger partial charge in [-0.3, -0.25) is 23.4 Å². The predicted molar refractivity (Wildman–Crippen MR) is 235 cm³/mol. The molecule has 0 fully saturated rings. The smallest absolute Gasteiger partial charge is 0.472 e. The van der Waals surface area contributed by atoms with E-state index in [9.17, 15) is 23.8 Å².